The first-order valence-electron chi connectivity index (χ1n) is 12.6. The van der Waals surface area contributed by atoms with Gasteiger partial charge in [0.25, 0.3) is 5.92 Å². The number of hydrogen-bond acceptors (Lipinski definition) is 7. The van der Waals surface area contributed by atoms with Crippen molar-refractivity contribution in [1.82, 2.24) is 25.3 Å². The van der Waals surface area contributed by atoms with Crippen molar-refractivity contribution >= 4 is 11.5 Å². The number of hydrogen-bond donors (Lipinski definition) is 2. The molecule has 8 nitrogen and oxygen atoms in total. The van der Waals surface area contributed by atoms with E-state index in [0.717, 1.165) is 42.1 Å². The lowest BCUT2D eigenvalue weighted by Gasteiger charge is -2.46. The van der Waals surface area contributed by atoms with Crippen LogP contribution in [-0.4, -0.2) is 69.3 Å². The molecule has 2 aromatic heterocycles. The van der Waals surface area contributed by atoms with E-state index in [4.69, 9.17) is 0 Å². The number of aromatic hydroxyl groups is 1. The number of nitrogens with zero attached hydrogens (tertiary/aromatic N) is 6. The predicted molar refractivity (Wildman–Crippen MR) is 134 cm³/mol. The van der Waals surface area contributed by atoms with Crippen LogP contribution in [0.2, 0.25) is 0 Å². The zero-order valence-corrected chi connectivity index (χ0v) is 20.5. The second kappa shape index (κ2) is 8.69. The van der Waals surface area contributed by atoms with Gasteiger partial charge in [-0.2, -0.15) is 5.10 Å². The second-order valence-corrected chi connectivity index (χ2v) is 10.5. The number of piperidine rings is 2. The zero-order chi connectivity index (χ0) is 25.0. The Morgan fingerprint density at radius 1 is 1.03 bits per heavy atom. The smallest absolute Gasteiger partial charge is 0.251 e. The Morgan fingerprint density at radius 3 is 2.50 bits per heavy atom. The van der Waals surface area contributed by atoms with Gasteiger partial charge in [-0.3, -0.25) is 4.68 Å². The molecule has 2 fully saturated rings. The van der Waals surface area contributed by atoms with E-state index in [1.807, 2.05) is 38.5 Å². The van der Waals surface area contributed by atoms with Gasteiger partial charge in [-0.25, -0.2) is 8.78 Å². The standard InChI is InChI=1S/C26H31F2N7O/c1-33-6-3-7-35(20-9-18-12-26(27,28)13-19(10-20)30-18)25-23(33)11-22(31-32-25)21-5-4-16(8-24(21)36)17-14-29-34(2)15-17/h4-5,8,11,14-15,18-20,30,36H,3,6-7,9-10,12-13H2,1-2H3/t18-,19+,20?. The first-order valence-corrected chi connectivity index (χ1v) is 12.6. The fraction of sp³-hybridized carbons (Fsp3) is 0.500. The summed E-state index contributed by atoms with van der Waals surface area (Å²) in [7, 11) is 3.89. The minimum atomic E-state index is -2.58. The minimum Gasteiger partial charge on any atom is -0.507 e. The molecule has 0 aliphatic carbocycles. The van der Waals surface area contributed by atoms with Gasteiger partial charge >= 0.3 is 0 Å². The number of benzene rings is 1. The lowest BCUT2D eigenvalue weighted by molar-refractivity contribution is -0.0670. The maximum Gasteiger partial charge on any atom is 0.251 e. The molecule has 3 aliphatic rings. The highest BCUT2D eigenvalue weighted by Crippen LogP contribution is 2.41. The molecule has 0 radical (unpaired) electrons. The van der Waals surface area contributed by atoms with E-state index >= 15 is 0 Å². The van der Waals surface area contributed by atoms with Gasteiger partial charge in [-0.05, 0) is 43.0 Å². The summed E-state index contributed by atoms with van der Waals surface area (Å²) in [6, 6.07) is 7.30. The van der Waals surface area contributed by atoms with Crippen molar-refractivity contribution < 1.29 is 13.9 Å². The lowest BCUT2D eigenvalue weighted by Crippen LogP contribution is -2.59. The second-order valence-electron chi connectivity index (χ2n) is 10.5. The molecule has 3 aliphatic heterocycles. The summed E-state index contributed by atoms with van der Waals surface area (Å²) in [5.41, 5.74) is 3.95. The summed E-state index contributed by atoms with van der Waals surface area (Å²) in [4.78, 5) is 4.45. The zero-order valence-electron chi connectivity index (χ0n) is 20.5. The van der Waals surface area contributed by atoms with Crippen LogP contribution in [0.4, 0.5) is 20.3 Å². The first kappa shape index (κ1) is 23.1. The molecule has 6 rings (SSSR count). The Labute approximate surface area is 208 Å². The van der Waals surface area contributed by atoms with Gasteiger partial charge in [0.2, 0.25) is 0 Å². The molecule has 2 bridgehead atoms. The first-order chi connectivity index (χ1) is 17.3. The molecule has 0 spiro atoms. The van der Waals surface area contributed by atoms with Gasteiger partial charge in [-0.1, -0.05) is 6.07 Å². The van der Waals surface area contributed by atoms with Crippen LogP contribution >= 0.6 is 0 Å². The van der Waals surface area contributed by atoms with Gasteiger partial charge in [0.15, 0.2) is 5.82 Å². The third-order valence-electron chi connectivity index (χ3n) is 7.76. The molecule has 2 saturated heterocycles. The number of aryl methyl sites for hydroxylation is 1. The minimum absolute atomic E-state index is 0.0977. The summed E-state index contributed by atoms with van der Waals surface area (Å²) in [6.45, 7) is 1.67. The fourth-order valence-corrected chi connectivity index (χ4v) is 6.12. The topological polar surface area (TPSA) is 82.3 Å². The number of anilines is 2. The van der Waals surface area contributed by atoms with Crippen LogP contribution in [0.1, 0.15) is 32.1 Å². The van der Waals surface area contributed by atoms with Crippen molar-refractivity contribution in [1.29, 1.82) is 0 Å². The van der Waals surface area contributed by atoms with E-state index in [-0.39, 0.29) is 36.7 Å². The largest absolute Gasteiger partial charge is 0.507 e. The van der Waals surface area contributed by atoms with Crippen molar-refractivity contribution in [3.05, 3.63) is 36.7 Å². The van der Waals surface area contributed by atoms with Gasteiger partial charge in [0.1, 0.15) is 5.75 Å². The maximum absolute atomic E-state index is 14.1. The van der Waals surface area contributed by atoms with Crippen LogP contribution in [0.15, 0.2) is 36.7 Å². The molecule has 36 heavy (non-hydrogen) atoms. The van der Waals surface area contributed by atoms with Gasteiger partial charge < -0.3 is 20.2 Å². The SMILES string of the molecule is CN1CCCN(C2C[C@@H]3CC(F)(F)C[C@H](C2)N3)c2nnc(-c3ccc(-c4cnn(C)c4)cc3O)cc21. The molecule has 5 heterocycles. The van der Waals surface area contributed by atoms with Crippen LogP contribution in [0.5, 0.6) is 5.75 Å². The third kappa shape index (κ3) is 4.27. The molecule has 3 aromatic rings. The Balaban J connectivity index is 1.31. The number of fused-ring (bicyclic) bond motifs is 3. The van der Waals surface area contributed by atoms with E-state index in [2.05, 4.69) is 30.4 Å². The number of halogens is 2. The van der Waals surface area contributed by atoms with E-state index in [1.165, 1.54) is 0 Å². The van der Waals surface area contributed by atoms with E-state index < -0.39 is 5.92 Å². The molecule has 2 N–H and O–H groups in total. The Bertz CT molecular complexity index is 1260. The molecule has 3 atom stereocenters. The van der Waals surface area contributed by atoms with Crippen LogP contribution < -0.4 is 15.1 Å². The molecule has 0 saturated carbocycles. The van der Waals surface area contributed by atoms with E-state index in [9.17, 15) is 13.9 Å². The normalized spacial score (nSPS) is 25.4. The van der Waals surface area contributed by atoms with Gasteiger partial charge in [0, 0.05) is 75.5 Å². The number of alkyl halides is 2. The Hall–Kier alpha value is -3.27. The van der Waals surface area contributed by atoms with Crippen molar-refractivity contribution in [3.63, 3.8) is 0 Å². The summed E-state index contributed by atoms with van der Waals surface area (Å²) in [5.74, 6) is -1.65. The van der Waals surface area contributed by atoms with Crippen LogP contribution in [0, 0.1) is 0 Å². The van der Waals surface area contributed by atoms with Crippen molar-refractivity contribution in [2.75, 3.05) is 29.9 Å². The molecule has 10 heteroatoms. The number of phenols is 1. The number of aromatic nitrogens is 4. The van der Waals surface area contributed by atoms with E-state index in [1.54, 1.807) is 16.9 Å². The summed E-state index contributed by atoms with van der Waals surface area (Å²) >= 11 is 0. The number of rotatable bonds is 3. The van der Waals surface area contributed by atoms with Crippen LogP contribution in [-0.2, 0) is 7.05 Å². The van der Waals surface area contributed by atoms with Crippen molar-refractivity contribution in [3.8, 4) is 28.1 Å². The molecule has 190 valence electrons. The van der Waals surface area contributed by atoms with Crippen molar-refractivity contribution in [2.45, 2.75) is 56.2 Å². The van der Waals surface area contributed by atoms with Crippen LogP contribution in [0.3, 0.4) is 0 Å². The maximum atomic E-state index is 14.1. The van der Waals surface area contributed by atoms with E-state index in [0.29, 0.717) is 24.1 Å². The highest BCUT2D eigenvalue weighted by atomic mass is 19.3. The summed E-state index contributed by atoms with van der Waals surface area (Å²) in [5, 5.41) is 27.6. The Morgan fingerprint density at radius 2 is 1.81 bits per heavy atom. The molecule has 1 unspecified atom stereocenters. The molecule has 0 amide bonds. The lowest BCUT2D eigenvalue weighted by atomic mass is 9.81. The molecular formula is C26H31F2N7O. The highest BCUT2D eigenvalue weighted by Gasteiger charge is 2.46. The quantitative estimate of drug-likeness (QED) is 0.572. The van der Waals surface area contributed by atoms with Gasteiger partial charge in [-0.15, -0.1) is 10.2 Å². The number of phenolic OH excluding ortho intramolecular Hbond substituents is 1. The third-order valence-corrected chi connectivity index (χ3v) is 7.76. The summed E-state index contributed by atoms with van der Waals surface area (Å²) in [6.07, 6.45) is 5.76. The van der Waals surface area contributed by atoms with Crippen molar-refractivity contribution in [2.24, 2.45) is 7.05 Å². The summed E-state index contributed by atoms with van der Waals surface area (Å²) < 4.78 is 29.9. The van der Waals surface area contributed by atoms with Crippen LogP contribution in [0.25, 0.3) is 22.4 Å². The number of nitrogens with one attached hydrogen (secondary N) is 1. The van der Waals surface area contributed by atoms with Gasteiger partial charge in [0.05, 0.1) is 17.6 Å². The Kier molecular flexibility index (Phi) is 5.59. The fourth-order valence-electron chi connectivity index (χ4n) is 6.12. The average molecular weight is 496 g/mol. The average Bonchev–Trinajstić information content (AvgIpc) is 3.19. The molecular weight excluding hydrogens is 464 g/mol. The predicted octanol–water partition coefficient (Wildman–Crippen LogP) is 3.81. The monoisotopic (exact) mass is 495 g/mol. The molecule has 1 aromatic carbocycles. The highest BCUT2D eigenvalue weighted by molar-refractivity contribution is 5.78.